The Morgan fingerprint density at radius 2 is 2.18 bits per heavy atom. The Morgan fingerprint density at radius 1 is 1.41 bits per heavy atom. The van der Waals surface area contributed by atoms with Crippen LogP contribution in [0.5, 0.6) is 0 Å². The number of nitrogens with two attached hydrogens (primary N) is 1. The van der Waals surface area contributed by atoms with Crippen molar-refractivity contribution in [2.75, 3.05) is 0 Å². The lowest BCUT2D eigenvalue weighted by molar-refractivity contribution is 0.551. The first-order valence-corrected chi connectivity index (χ1v) is 6.14. The summed E-state index contributed by atoms with van der Waals surface area (Å²) in [6, 6.07) is 9.55. The van der Waals surface area contributed by atoms with Gasteiger partial charge in [0.25, 0.3) is 0 Å². The molecular weight excluding hydrogens is 230 g/mol. The summed E-state index contributed by atoms with van der Waals surface area (Å²) < 4.78 is 0. The fraction of sp³-hybridized carbons (Fsp3) is 0.231. The van der Waals surface area contributed by atoms with Crippen LogP contribution in [0.2, 0.25) is 0 Å². The summed E-state index contributed by atoms with van der Waals surface area (Å²) in [5.41, 5.74) is 8.05. The van der Waals surface area contributed by atoms with Gasteiger partial charge in [-0.1, -0.05) is 12.1 Å². The van der Waals surface area contributed by atoms with Gasteiger partial charge in [-0.2, -0.15) is 5.26 Å². The Balaban J connectivity index is 2.41. The van der Waals surface area contributed by atoms with E-state index in [0.717, 1.165) is 16.3 Å². The van der Waals surface area contributed by atoms with Gasteiger partial charge in [0.1, 0.15) is 5.01 Å². The zero-order valence-electron chi connectivity index (χ0n) is 9.77. The van der Waals surface area contributed by atoms with Crippen LogP contribution in [0.25, 0.3) is 11.3 Å². The second-order valence-corrected chi connectivity index (χ2v) is 5.31. The van der Waals surface area contributed by atoms with Crippen molar-refractivity contribution in [1.82, 2.24) is 4.98 Å². The molecule has 0 bridgehead atoms. The first-order chi connectivity index (χ1) is 8.00. The average molecular weight is 243 g/mol. The van der Waals surface area contributed by atoms with Crippen LogP contribution in [0, 0.1) is 11.3 Å². The number of hydrogen-bond acceptors (Lipinski definition) is 4. The molecule has 2 rings (SSSR count). The van der Waals surface area contributed by atoms with E-state index in [-0.39, 0.29) is 0 Å². The number of nitriles is 1. The largest absolute Gasteiger partial charge is 0.320 e. The summed E-state index contributed by atoms with van der Waals surface area (Å²) in [5, 5.41) is 11.7. The topological polar surface area (TPSA) is 62.7 Å². The molecule has 2 aromatic rings. The van der Waals surface area contributed by atoms with Gasteiger partial charge >= 0.3 is 0 Å². The lowest BCUT2D eigenvalue weighted by Gasteiger charge is -2.13. The van der Waals surface area contributed by atoms with Crippen LogP contribution in [-0.4, -0.2) is 4.98 Å². The highest BCUT2D eigenvalue weighted by Crippen LogP contribution is 2.27. The van der Waals surface area contributed by atoms with E-state index in [0.29, 0.717) is 5.56 Å². The summed E-state index contributed by atoms with van der Waals surface area (Å²) >= 11 is 1.55. The maximum atomic E-state index is 8.86. The highest BCUT2D eigenvalue weighted by Gasteiger charge is 2.18. The van der Waals surface area contributed by atoms with Crippen LogP contribution in [0.3, 0.4) is 0 Å². The molecule has 3 nitrogen and oxygen atoms in total. The quantitative estimate of drug-likeness (QED) is 0.882. The summed E-state index contributed by atoms with van der Waals surface area (Å²) in [4.78, 5) is 4.51. The van der Waals surface area contributed by atoms with E-state index in [2.05, 4.69) is 11.1 Å². The van der Waals surface area contributed by atoms with Crippen molar-refractivity contribution in [3.05, 3.63) is 40.2 Å². The molecule has 4 heteroatoms. The third-order valence-electron chi connectivity index (χ3n) is 2.34. The van der Waals surface area contributed by atoms with E-state index in [9.17, 15) is 0 Å². The summed E-state index contributed by atoms with van der Waals surface area (Å²) in [7, 11) is 0. The molecule has 0 unspecified atom stereocenters. The molecule has 86 valence electrons. The normalized spacial score (nSPS) is 11.2. The van der Waals surface area contributed by atoms with Gasteiger partial charge in [0, 0.05) is 10.9 Å². The summed E-state index contributed by atoms with van der Waals surface area (Å²) in [6.45, 7) is 3.86. The second kappa shape index (κ2) is 4.28. The number of aromatic nitrogens is 1. The van der Waals surface area contributed by atoms with Gasteiger partial charge < -0.3 is 5.73 Å². The minimum Gasteiger partial charge on any atom is -0.320 e. The highest BCUT2D eigenvalue weighted by molar-refractivity contribution is 7.10. The number of benzene rings is 1. The molecule has 0 radical (unpaired) electrons. The fourth-order valence-corrected chi connectivity index (χ4v) is 2.32. The summed E-state index contributed by atoms with van der Waals surface area (Å²) in [5.74, 6) is 0. The van der Waals surface area contributed by atoms with Crippen LogP contribution in [-0.2, 0) is 5.54 Å². The van der Waals surface area contributed by atoms with Crippen molar-refractivity contribution in [2.24, 2.45) is 5.73 Å². The molecule has 1 aromatic heterocycles. The zero-order chi connectivity index (χ0) is 12.5. The molecule has 0 saturated heterocycles. The van der Waals surface area contributed by atoms with Gasteiger partial charge in [-0.15, -0.1) is 11.3 Å². The molecule has 0 aliphatic rings. The maximum absolute atomic E-state index is 8.86. The van der Waals surface area contributed by atoms with Crippen molar-refractivity contribution in [2.45, 2.75) is 19.4 Å². The monoisotopic (exact) mass is 243 g/mol. The van der Waals surface area contributed by atoms with Crippen LogP contribution in [0.4, 0.5) is 0 Å². The van der Waals surface area contributed by atoms with E-state index in [1.54, 1.807) is 17.4 Å². The van der Waals surface area contributed by atoms with E-state index in [4.69, 9.17) is 11.0 Å². The highest BCUT2D eigenvalue weighted by atomic mass is 32.1. The lowest BCUT2D eigenvalue weighted by Crippen LogP contribution is -2.28. The van der Waals surface area contributed by atoms with E-state index in [1.165, 1.54) is 0 Å². The number of thiazole rings is 1. The third kappa shape index (κ3) is 2.52. The predicted molar refractivity (Wildman–Crippen MR) is 69.5 cm³/mol. The van der Waals surface area contributed by atoms with E-state index >= 15 is 0 Å². The molecule has 0 atom stereocenters. The van der Waals surface area contributed by atoms with Crippen LogP contribution >= 0.6 is 11.3 Å². The number of nitrogens with zero attached hydrogens (tertiary/aromatic N) is 2. The molecule has 0 amide bonds. The van der Waals surface area contributed by atoms with Crippen molar-refractivity contribution in [3.63, 3.8) is 0 Å². The lowest BCUT2D eigenvalue weighted by atomic mass is 10.1. The maximum Gasteiger partial charge on any atom is 0.113 e. The van der Waals surface area contributed by atoms with E-state index < -0.39 is 5.54 Å². The van der Waals surface area contributed by atoms with Crippen molar-refractivity contribution >= 4 is 11.3 Å². The molecule has 17 heavy (non-hydrogen) atoms. The molecule has 2 N–H and O–H groups in total. The molecule has 0 aliphatic carbocycles. The smallest absolute Gasteiger partial charge is 0.113 e. The van der Waals surface area contributed by atoms with Gasteiger partial charge in [-0.25, -0.2) is 4.98 Å². The van der Waals surface area contributed by atoms with Gasteiger partial charge in [-0.05, 0) is 26.0 Å². The Morgan fingerprint density at radius 3 is 2.76 bits per heavy atom. The Bertz CT molecular complexity index is 573. The number of hydrogen-bond donors (Lipinski definition) is 1. The Hall–Kier alpha value is -1.70. The molecule has 0 fully saturated rings. The number of rotatable bonds is 2. The molecule has 0 aliphatic heterocycles. The molecule has 0 spiro atoms. The van der Waals surface area contributed by atoms with Gasteiger partial charge in [0.2, 0.25) is 0 Å². The van der Waals surface area contributed by atoms with Crippen LogP contribution in [0.1, 0.15) is 24.4 Å². The zero-order valence-corrected chi connectivity index (χ0v) is 10.6. The van der Waals surface area contributed by atoms with Crippen LogP contribution in [0.15, 0.2) is 29.6 Å². The van der Waals surface area contributed by atoms with Gasteiger partial charge in [-0.3, -0.25) is 0 Å². The minimum absolute atomic E-state index is 0.421. The van der Waals surface area contributed by atoms with Crippen molar-refractivity contribution < 1.29 is 0 Å². The van der Waals surface area contributed by atoms with Crippen molar-refractivity contribution in [3.8, 4) is 17.3 Å². The van der Waals surface area contributed by atoms with Gasteiger partial charge in [0.15, 0.2) is 0 Å². The molecule has 1 heterocycles. The van der Waals surface area contributed by atoms with Crippen molar-refractivity contribution in [1.29, 1.82) is 5.26 Å². The van der Waals surface area contributed by atoms with E-state index in [1.807, 2.05) is 37.4 Å². The SMILES string of the molecule is CC(C)(N)c1nc(-c2cccc(C#N)c2)cs1. The Labute approximate surface area is 105 Å². The average Bonchev–Trinajstić information content (AvgIpc) is 2.78. The molecular formula is C13H13N3S. The fourth-order valence-electron chi connectivity index (χ4n) is 1.45. The van der Waals surface area contributed by atoms with Gasteiger partial charge in [0.05, 0.1) is 22.9 Å². The third-order valence-corrected chi connectivity index (χ3v) is 3.52. The standard InChI is InChI=1S/C13H13N3S/c1-13(2,15)12-16-11(8-17-12)10-5-3-4-9(6-10)7-14/h3-6,8H,15H2,1-2H3. The minimum atomic E-state index is -0.421. The molecule has 0 saturated carbocycles. The van der Waals surface area contributed by atoms with Crippen LogP contribution < -0.4 is 5.73 Å². The first kappa shape index (κ1) is 11.8. The summed E-state index contributed by atoms with van der Waals surface area (Å²) in [6.07, 6.45) is 0. The predicted octanol–water partition coefficient (Wildman–Crippen LogP) is 2.88. The first-order valence-electron chi connectivity index (χ1n) is 5.26. The Kier molecular flexibility index (Phi) is 2.97. The second-order valence-electron chi connectivity index (χ2n) is 4.45. The molecule has 1 aromatic carbocycles.